The van der Waals surface area contributed by atoms with E-state index in [9.17, 15) is 0 Å². The smallest absolute Gasteiger partial charge is 0.108 e. The normalized spacial score (nSPS) is 12.9. The van der Waals surface area contributed by atoms with E-state index in [0.29, 0.717) is 0 Å². The highest BCUT2D eigenvalue weighted by molar-refractivity contribution is 7.11. The van der Waals surface area contributed by atoms with E-state index in [1.165, 1.54) is 21.4 Å². The standard InChI is InChI=1S/C17H27N3S/c1-12-10-19-15(21-12)17(5,6)9-8-14-18-11-13(20(14)7)16(2,3)4/h10-11H,8-9H2,1-7H3. The Labute approximate surface area is 132 Å². The average molecular weight is 305 g/mol. The summed E-state index contributed by atoms with van der Waals surface area (Å²) in [6.07, 6.45) is 6.04. The van der Waals surface area contributed by atoms with Crippen LogP contribution in [0.4, 0.5) is 0 Å². The Balaban J connectivity index is 2.12. The highest BCUT2D eigenvalue weighted by Gasteiger charge is 2.25. The summed E-state index contributed by atoms with van der Waals surface area (Å²) < 4.78 is 2.25. The van der Waals surface area contributed by atoms with Gasteiger partial charge in [-0.3, -0.25) is 0 Å². The molecule has 116 valence electrons. The monoisotopic (exact) mass is 305 g/mol. The zero-order chi connectivity index (χ0) is 15.8. The third-order valence-electron chi connectivity index (χ3n) is 4.03. The van der Waals surface area contributed by atoms with Crippen molar-refractivity contribution in [2.24, 2.45) is 7.05 Å². The molecule has 0 aromatic carbocycles. The second kappa shape index (κ2) is 5.56. The zero-order valence-corrected chi connectivity index (χ0v) is 15.1. The molecule has 4 heteroatoms. The molecule has 0 radical (unpaired) electrons. The number of aromatic nitrogens is 3. The molecule has 21 heavy (non-hydrogen) atoms. The molecule has 0 spiro atoms. The molecule has 2 rings (SSSR count). The van der Waals surface area contributed by atoms with Crippen LogP contribution in [-0.2, 0) is 24.3 Å². The Morgan fingerprint density at radius 3 is 2.24 bits per heavy atom. The van der Waals surface area contributed by atoms with Gasteiger partial charge in [-0.05, 0) is 13.3 Å². The van der Waals surface area contributed by atoms with Gasteiger partial charge in [0.15, 0.2) is 0 Å². The van der Waals surface area contributed by atoms with Crippen LogP contribution in [0.15, 0.2) is 12.4 Å². The van der Waals surface area contributed by atoms with E-state index >= 15 is 0 Å². The first-order valence-electron chi connectivity index (χ1n) is 7.55. The number of imidazole rings is 1. The molecule has 0 aliphatic rings. The highest BCUT2D eigenvalue weighted by atomic mass is 32.1. The zero-order valence-electron chi connectivity index (χ0n) is 14.3. The van der Waals surface area contributed by atoms with Gasteiger partial charge in [-0.15, -0.1) is 11.3 Å². The maximum atomic E-state index is 4.63. The molecule has 2 aromatic rings. The SMILES string of the molecule is Cc1cnc(C(C)(C)CCc2ncc(C(C)(C)C)n2C)s1. The topological polar surface area (TPSA) is 30.7 Å². The van der Waals surface area contributed by atoms with E-state index in [4.69, 9.17) is 0 Å². The third kappa shape index (κ3) is 3.54. The Kier molecular flexibility index (Phi) is 4.29. The number of thiazole rings is 1. The summed E-state index contributed by atoms with van der Waals surface area (Å²) in [5.41, 5.74) is 1.54. The predicted octanol–water partition coefficient (Wildman–Crippen LogP) is 4.39. The molecule has 0 atom stereocenters. The average Bonchev–Trinajstić information content (AvgIpc) is 2.93. The van der Waals surface area contributed by atoms with Crippen molar-refractivity contribution < 1.29 is 0 Å². The van der Waals surface area contributed by atoms with Gasteiger partial charge in [-0.1, -0.05) is 34.6 Å². The van der Waals surface area contributed by atoms with Crippen molar-refractivity contribution in [2.75, 3.05) is 0 Å². The van der Waals surface area contributed by atoms with E-state index < -0.39 is 0 Å². The van der Waals surface area contributed by atoms with Crippen molar-refractivity contribution >= 4 is 11.3 Å². The lowest BCUT2D eigenvalue weighted by atomic mass is 9.88. The van der Waals surface area contributed by atoms with Gasteiger partial charge in [-0.25, -0.2) is 9.97 Å². The highest BCUT2D eigenvalue weighted by Crippen LogP contribution is 2.32. The van der Waals surface area contributed by atoms with Crippen molar-refractivity contribution in [1.29, 1.82) is 0 Å². The fourth-order valence-electron chi connectivity index (χ4n) is 2.58. The van der Waals surface area contributed by atoms with E-state index in [2.05, 4.69) is 63.1 Å². The number of rotatable bonds is 4. The summed E-state index contributed by atoms with van der Waals surface area (Å²) in [7, 11) is 2.13. The maximum Gasteiger partial charge on any atom is 0.108 e. The van der Waals surface area contributed by atoms with Gasteiger partial charge in [0.25, 0.3) is 0 Å². The van der Waals surface area contributed by atoms with Crippen LogP contribution < -0.4 is 0 Å². The fraction of sp³-hybridized carbons (Fsp3) is 0.647. The minimum absolute atomic E-state index is 0.104. The molecule has 3 nitrogen and oxygen atoms in total. The molecule has 0 bridgehead atoms. The summed E-state index contributed by atoms with van der Waals surface area (Å²) in [6, 6.07) is 0. The third-order valence-corrected chi connectivity index (χ3v) is 5.31. The molecule has 2 heterocycles. The summed E-state index contributed by atoms with van der Waals surface area (Å²) in [6.45, 7) is 13.4. The number of nitrogens with zero attached hydrogens (tertiary/aromatic N) is 3. The summed E-state index contributed by atoms with van der Waals surface area (Å²) in [5.74, 6) is 1.17. The molecular weight excluding hydrogens is 278 g/mol. The predicted molar refractivity (Wildman–Crippen MR) is 90.1 cm³/mol. The van der Waals surface area contributed by atoms with Gasteiger partial charge >= 0.3 is 0 Å². The Morgan fingerprint density at radius 1 is 1.10 bits per heavy atom. The van der Waals surface area contributed by atoms with Crippen LogP contribution in [0.1, 0.15) is 62.4 Å². The molecular formula is C17H27N3S. The van der Waals surface area contributed by atoms with Gasteiger partial charge in [0.1, 0.15) is 5.82 Å². The van der Waals surface area contributed by atoms with Gasteiger partial charge < -0.3 is 4.57 Å². The van der Waals surface area contributed by atoms with Crippen LogP contribution in [0.3, 0.4) is 0 Å². The first-order chi connectivity index (χ1) is 9.61. The van der Waals surface area contributed by atoms with E-state index in [-0.39, 0.29) is 10.8 Å². The number of hydrogen-bond acceptors (Lipinski definition) is 3. The first-order valence-corrected chi connectivity index (χ1v) is 8.37. The first kappa shape index (κ1) is 16.2. The van der Waals surface area contributed by atoms with E-state index in [1.54, 1.807) is 11.3 Å². The van der Waals surface area contributed by atoms with E-state index in [1.807, 2.05) is 12.4 Å². The second-order valence-corrected chi connectivity index (χ2v) is 8.76. The molecule has 2 aromatic heterocycles. The summed E-state index contributed by atoms with van der Waals surface area (Å²) in [4.78, 5) is 10.5. The molecule has 0 aliphatic heterocycles. The Morgan fingerprint density at radius 2 is 1.76 bits per heavy atom. The van der Waals surface area contributed by atoms with Crippen molar-refractivity contribution in [2.45, 2.75) is 65.2 Å². The molecule has 0 fully saturated rings. The largest absolute Gasteiger partial charge is 0.335 e. The van der Waals surface area contributed by atoms with Crippen LogP contribution in [0, 0.1) is 6.92 Å². The van der Waals surface area contributed by atoms with Gasteiger partial charge in [0, 0.05) is 47.3 Å². The number of aryl methyl sites for hydroxylation is 2. The minimum atomic E-state index is 0.104. The van der Waals surface area contributed by atoms with Crippen LogP contribution >= 0.6 is 11.3 Å². The summed E-state index contributed by atoms with van der Waals surface area (Å²) >= 11 is 1.81. The molecule has 0 N–H and O–H groups in total. The van der Waals surface area contributed by atoms with E-state index in [0.717, 1.165) is 12.8 Å². The van der Waals surface area contributed by atoms with Crippen molar-refractivity contribution in [3.8, 4) is 0 Å². The molecule has 0 aliphatic carbocycles. The van der Waals surface area contributed by atoms with Crippen molar-refractivity contribution in [3.05, 3.63) is 33.8 Å². The Bertz CT molecular complexity index is 614. The molecule has 0 amide bonds. The maximum absolute atomic E-state index is 4.63. The van der Waals surface area contributed by atoms with Crippen LogP contribution in [0.2, 0.25) is 0 Å². The fourth-order valence-corrected chi connectivity index (χ4v) is 3.47. The van der Waals surface area contributed by atoms with Crippen molar-refractivity contribution in [3.63, 3.8) is 0 Å². The van der Waals surface area contributed by atoms with Gasteiger partial charge in [0.05, 0.1) is 5.01 Å². The lowest BCUT2D eigenvalue weighted by Gasteiger charge is -2.22. The minimum Gasteiger partial charge on any atom is -0.335 e. The van der Waals surface area contributed by atoms with Crippen LogP contribution in [0.5, 0.6) is 0 Å². The molecule has 0 unspecified atom stereocenters. The van der Waals surface area contributed by atoms with Crippen LogP contribution in [-0.4, -0.2) is 14.5 Å². The second-order valence-electron chi connectivity index (χ2n) is 7.53. The van der Waals surface area contributed by atoms with Crippen LogP contribution in [0.25, 0.3) is 0 Å². The lowest BCUT2D eigenvalue weighted by molar-refractivity contribution is 0.463. The Hall–Kier alpha value is -1.16. The van der Waals surface area contributed by atoms with Crippen molar-refractivity contribution in [1.82, 2.24) is 14.5 Å². The quantitative estimate of drug-likeness (QED) is 0.838. The molecule has 0 saturated heterocycles. The molecule has 0 saturated carbocycles. The number of hydrogen-bond donors (Lipinski definition) is 0. The summed E-state index contributed by atoms with van der Waals surface area (Å²) in [5, 5.41) is 1.23. The lowest BCUT2D eigenvalue weighted by Crippen LogP contribution is -2.20. The van der Waals surface area contributed by atoms with Gasteiger partial charge in [0.2, 0.25) is 0 Å². The van der Waals surface area contributed by atoms with Gasteiger partial charge in [-0.2, -0.15) is 0 Å².